The molecule has 2 nitrogen and oxygen atoms in total. The Morgan fingerprint density at radius 3 is 2.36 bits per heavy atom. The number of rotatable bonds is 5. The van der Waals surface area contributed by atoms with Gasteiger partial charge in [0.2, 0.25) is 0 Å². The number of aliphatic hydroxyl groups excluding tert-OH is 1. The first kappa shape index (κ1) is 10.9. The lowest BCUT2D eigenvalue weighted by Gasteiger charge is -2.29. The third kappa shape index (κ3) is 4.38. The summed E-state index contributed by atoms with van der Waals surface area (Å²) in [4.78, 5) is 0. The molecule has 0 fully saturated rings. The summed E-state index contributed by atoms with van der Waals surface area (Å²) in [5.74, 6) is 0. The van der Waals surface area contributed by atoms with Gasteiger partial charge in [0.15, 0.2) is 0 Å². The first-order chi connectivity index (χ1) is 5.00. The molecule has 0 spiro atoms. The van der Waals surface area contributed by atoms with E-state index >= 15 is 0 Å². The van der Waals surface area contributed by atoms with Gasteiger partial charge in [0.05, 0.1) is 6.10 Å². The van der Waals surface area contributed by atoms with Crippen molar-refractivity contribution in [2.45, 2.75) is 52.2 Å². The van der Waals surface area contributed by atoms with Crippen molar-refractivity contribution in [1.29, 1.82) is 0 Å². The normalized spacial score (nSPS) is 15.0. The Balaban J connectivity index is 3.55. The fourth-order valence-electron chi connectivity index (χ4n) is 0.735. The zero-order valence-corrected chi connectivity index (χ0v) is 8.15. The molecule has 0 aromatic heterocycles. The molecular formula is C9H21NO. The van der Waals surface area contributed by atoms with Crippen LogP contribution in [0.15, 0.2) is 0 Å². The second kappa shape index (κ2) is 4.73. The van der Waals surface area contributed by atoms with Crippen molar-refractivity contribution < 1.29 is 5.11 Å². The minimum Gasteiger partial charge on any atom is -0.392 e. The molecule has 0 amide bonds. The van der Waals surface area contributed by atoms with Crippen molar-refractivity contribution in [1.82, 2.24) is 5.32 Å². The highest BCUT2D eigenvalue weighted by atomic mass is 16.3. The van der Waals surface area contributed by atoms with Gasteiger partial charge in [-0.3, -0.25) is 0 Å². The van der Waals surface area contributed by atoms with Crippen LogP contribution in [0.2, 0.25) is 0 Å². The fourth-order valence-corrected chi connectivity index (χ4v) is 0.735. The molecule has 0 heterocycles. The van der Waals surface area contributed by atoms with Crippen molar-refractivity contribution in [2.24, 2.45) is 0 Å². The Labute approximate surface area is 70.0 Å². The van der Waals surface area contributed by atoms with Crippen LogP contribution in [0.5, 0.6) is 0 Å². The van der Waals surface area contributed by atoms with Gasteiger partial charge in [-0.25, -0.2) is 0 Å². The number of unbranched alkanes of at least 4 members (excludes halogenated alkanes) is 1. The van der Waals surface area contributed by atoms with E-state index in [1.54, 1.807) is 0 Å². The number of nitrogens with one attached hydrogen (secondary N) is 1. The van der Waals surface area contributed by atoms with Crippen molar-refractivity contribution in [2.75, 3.05) is 6.54 Å². The summed E-state index contributed by atoms with van der Waals surface area (Å²) in [5.41, 5.74) is -0.144. The summed E-state index contributed by atoms with van der Waals surface area (Å²) in [7, 11) is 0. The largest absolute Gasteiger partial charge is 0.392 e. The fraction of sp³-hybridized carbons (Fsp3) is 1.00. The van der Waals surface area contributed by atoms with Crippen molar-refractivity contribution in [3.8, 4) is 0 Å². The van der Waals surface area contributed by atoms with Crippen molar-refractivity contribution >= 4 is 0 Å². The van der Waals surface area contributed by atoms with E-state index in [0.717, 1.165) is 6.54 Å². The topological polar surface area (TPSA) is 32.3 Å². The van der Waals surface area contributed by atoms with Crippen LogP contribution in [0.3, 0.4) is 0 Å². The third-order valence-corrected chi connectivity index (χ3v) is 2.16. The maximum absolute atomic E-state index is 9.32. The first-order valence-corrected chi connectivity index (χ1v) is 4.43. The average molecular weight is 159 g/mol. The predicted octanol–water partition coefficient (Wildman–Crippen LogP) is 1.54. The lowest BCUT2D eigenvalue weighted by molar-refractivity contribution is 0.0967. The Morgan fingerprint density at radius 2 is 2.00 bits per heavy atom. The van der Waals surface area contributed by atoms with E-state index in [4.69, 9.17) is 0 Å². The molecule has 0 saturated carbocycles. The van der Waals surface area contributed by atoms with Gasteiger partial charge in [-0.05, 0) is 33.7 Å². The third-order valence-electron chi connectivity index (χ3n) is 2.16. The maximum Gasteiger partial charge on any atom is 0.0688 e. The van der Waals surface area contributed by atoms with Crippen LogP contribution in [0, 0.1) is 0 Å². The monoisotopic (exact) mass is 159 g/mol. The molecular weight excluding hydrogens is 138 g/mol. The van der Waals surface area contributed by atoms with Crippen LogP contribution < -0.4 is 5.32 Å². The molecule has 0 rings (SSSR count). The Kier molecular flexibility index (Phi) is 4.69. The smallest absolute Gasteiger partial charge is 0.0688 e. The molecule has 0 aromatic carbocycles. The highest BCUT2D eigenvalue weighted by molar-refractivity contribution is 4.82. The van der Waals surface area contributed by atoms with Crippen molar-refractivity contribution in [3.05, 3.63) is 0 Å². The van der Waals surface area contributed by atoms with Crippen LogP contribution in [-0.2, 0) is 0 Å². The van der Waals surface area contributed by atoms with Crippen LogP contribution in [0.4, 0.5) is 0 Å². The second-order valence-electron chi connectivity index (χ2n) is 3.68. The van der Waals surface area contributed by atoms with Gasteiger partial charge in [-0.1, -0.05) is 13.3 Å². The molecule has 0 aromatic rings. The van der Waals surface area contributed by atoms with E-state index in [0.29, 0.717) is 0 Å². The quantitative estimate of drug-likeness (QED) is 0.596. The van der Waals surface area contributed by atoms with Gasteiger partial charge in [-0.15, -0.1) is 0 Å². The van der Waals surface area contributed by atoms with Gasteiger partial charge >= 0.3 is 0 Å². The lowest BCUT2D eigenvalue weighted by atomic mass is 9.99. The number of hydrogen-bond acceptors (Lipinski definition) is 2. The molecule has 0 aliphatic rings. The van der Waals surface area contributed by atoms with Crippen LogP contribution in [0.1, 0.15) is 40.5 Å². The molecule has 11 heavy (non-hydrogen) atoms. The van der Waals surface area contributed by atoms with E-state index < -0.39 is 0 Å². The molecule has 68 valence electrons. The standard InChI is InChI=1S/C9H21NO/c1-5-6-7-10-9(3,4)8(2)11/h8,10-11H,5-7H2,1-4H3. The number of aliphatic hydroxyl groups is 1. The zero-order chi connectivity index (χ0) is 8.91. The van der Waals surface area contributed by atoms with Gasteiger partial charge < -0.3 is 10.4 Å². The summed E-state index contributed by atoms with van der Waals surface area (Å²) in [6.45, 7) is 9.02. The second-order valence-corrected chi connectivity index (χ2v) is 3.68. The Bertz CT molecular complexity index is 99.7. The molecule has 0 bridgehead atoms. The van der Waals surface area contributed by atoms with E-state index in [9.17, 15) is 5.11 Å². The van der Waals surface area contributed by atoms with Gasteiger partial charge in [0, 0.05) is 5.54 Å². The Morgan fingerprint density at radius 1 is 1.45 bits per heavy atom. The summed E-state index contributed by atoms with van der Waals surface area (Å²) in [5, 5.41) is 12.6. The maximum atomic E-state index is 9.32. The molecule has 1 unspecified atom stereocenters. The van der Waals surface area contributed by atoms with E-state index in [2.05, 4.69) is 12.2 Å². The molecule has 2 heteroatoms. The van der Waals surface area contributed by atoms with E-state index in [-0.39, 0.29) is 11.6 Å². The Hall–Kier alpha value is -0.0800. The lowest BCUT2D eigenvalue weighted by Crippen LogP contribution is -2.48. The minimum atomic E-state index is -0.292. The highest BCUT2D eigenvalue weighted by Crippen LogP contribution is 2.07. The van der Waals surface area contributed by atoms with Crippen LogP contribution in [-0.4, -0.2) is 23.3 Å². The molecule has 0 aliphatic heterocycles. The molecule has 0 saturated heterocycles. The molecule has 0 aliphatic carbocycles. The van der Waals surface area contributed by atoms with Crippen LogP contribution in [0.25, 0.3) is 0 Å². The SMILES string of the molecule is CCCCNC(C)(C)C(C)O. The zero-order valence-electron chi connectivity index (χ0n) is 8.15. The summed E-state index contributed by atoms with van der Waals surface area (Å²) in [6, 6.07) is 0. The molecule has 1 atom stereocenters. The van der Waals surface area contributed by atoms with Crippen LogP contribution >= 0.6 is 0 Å². The van der Waals surface area contributed by atoms with E-state index in [1.165, 1.54) is 12.8 Å². The van der Waals surface area contributed by atoms with E-state index in [1.807, 2.05) is 20.8 Å². The number of hydrogen-bond donors (Lipinski definition) is 2. The van der Waals surface area contributed by atoms with Crippen molar-refractivity contribution in [3.63, 3.8) is 0 Å². The summed E-state index contributed by atoms with van der Waals surface area (Å²) < 4.78 is 0. The first-order valence-electron chi connectivity index (χ1n) is 4.43. The van der Waals surface area contributed by atoms with Gasteiger partial charge in [0.1, 0.15) is 0 Å². The van der Waals surface area contributed by atoms with Gasteiger partial charge in [-0.2, -0.15) is 0 Å². The highest BCUT2D eigenvalue weighted by Gasteiger charge is 2.22. The molecule has 2 N–H and O–H groups in total. The average Bonchev–Trinajstić information content (AvgIpc) is 1.88. The van der Waals surface area contributed by atoms with Gasteiger partial charge in [0.25, 0.3) is 0 Å². The molecule has 0 radical (unpaired) electrons. The minimum absolute atomic E-state index is 0.144. The predicted molar refractivity (Wildman–Crippen MR) is 48.7 cm³/mol. The summed E-state index contributed by atoms with van der Waals surface area (Å²) >= 11 is 0. The summed E-state index contributed by atoms with van der Waals surface area (Å²) in [6.07, 6.45) is 2.08.